The molecule has 0 aromatic heterocycles. The average molecular weight is 320 g/mol. The topological polar surface area (TPSA) is 78.9 Å². The van der Waals surface area contributed by atoms with Gasteiger partial charge in [-0.25, -0.2) is 0 Å². The molecule has 2 unspecified atom stereocenters. The Balaban J connectivity index is 4.74. The highest BCUT2D eigenvalue weighted by Gasteiger charge is 2.29. The molecule has 0 rings (SSSR count). The fourth-order valence-corrected chi connectivity index (χ4v) is 2.69. The summed E-state index contributed by atoms with van der Waals surface area (Å²) in [7, 11) is 3.92. The molecular formula is C14H24O6S. The van der Waals surface area contributed by atoms with Crippen molar-refractivity contribution in [3.63, 3.8) is 0 Å². The van der Waals surface area contributed by atoms with Crippen molar-refractivity contribution in [3.8, 4) is 0 Å². The van der Waals surface area contributed by atoms with Crippen LogP contribution < -0.4 is 0 Å². The maximum atomic E-state index is 11.8. The normalized spacial score (nSPS) is 13.1. The second-order valence-corrected chi connectivity index (χ2v) is 5.77. The van der Waals surface area contributed by atoms with Crippen LogP contribution in [0.3, 0.4) is 0 Å². The van der Waals surface area contributed by atoms with Gasteiger partial charge in [0.1, 0.15) is 0 Å². The van der Waals surface area contributed by atoms with Crippen LogP contribution in [0.15, 0.2) is 0 Å². The fraction of sp³-hybridized carbons (Fsp3) is 0.786. The molecule has 0 aliphatic rings. The molecule has 0 aliphatic carbocycles. The minimum atomic E-state index is -0.518. The SMILES string of the molecule is CCSCC(CC(CCC(=O)OC)C(=O)OC)C(=O)OC. The van der Waals surface area contributed by atoms with Crippen LogP contribution in [-0.2, 0) is 28.6 Å². The lowest BCUT2D eigenvalue weighted by molar-refractivity contribution is -0.149. The third kappa shape index (κ3) is 7.94. The quantitative estimate of drug-likeness (QED) is 0.447. The maximum absolute atomic E-state index is 11.8. The minimum absolute atomic E-state index is 0.116. The third-order valence-electron chi connectivity index (χ3n) is 3.09. The standard InChI is InChI=1S/C14H24O6S/c1-5-21-9-11(14(17)20-4)8-10(13(16)19-3)6-7-12(15)18-2/h10-11H,5-9H2,1-4H3. The molecule has 0 radical (unpaired) electrons. The van der Waals surface area contributed by atoms with Crippen molar-refractivity contribution in [2.45, 2.75) is 26.2 Å². The largest absolute Gasteiger partial charge is 0.469 e. The number of carbonyl (C=O) groups is 3. The molecule has 0 heterocycles. The molecule has 0 N–H and O–H groups in total. The molecule has 0 saturated heterocycles. The van der Waals surface area contributed by atoms with Gasteiger partial charge in [0, 0.05) is 12.2 Å². The van der Waals surface area contributed by atoms with Crippen LogP contribution in [0.2, 0.25) is 0 Å². The van der Waals surface area contributed by atoms with E-state index in [2.05, 4.69) is 4.74 Å². The van der Waals surface area contributed by atoms with E-state index in [1.165, 1.54) is 21.3 Å². The summed E-state index contributed by atoms with van der Waals surface area (Å²) in [4.78, 5) is 34.8. The van der Waals surface area contributed by atoms with Crippen molar-refractivity contribution in [1.82, 2.24) is 0 Å². The molecule has 0 bridgehead atoms. The summed E-state index contributed by atoms with van der Waals surface area (Å²) in [6.07, 6.45) is 0.720. The lowest BCUT2D eigenvalue weighted by Crippen LogP contribution is -2.27. The van der Waals surface area contributed by atoms with Gasteiger partial charge >= 0.3 is 17.9 Å². The average Bonchev–Trinajstić information content (AvgIpc) is 2.52. The number of hydrogen-bond acceptors (Lipinski definition) is 7. The van der Waals surface area contributed by atoms with Crippen LogP contribution in [0.5, 0.6) is 0 Å². The van der Waals surface area contributed by atoms with Crippen molar-refractivity contribution in [1.29, 1.82) is 0 Å². The summed E-state index contributed by atoms with van der Waals surface area (Å²) in [5.41, 5.74) is 0. The van der Waals surface area contributed by atoms with Crippen molar-refractivity contribution >= 4 is 29.7 Å². The van der Waals surface area contributed by atoms with Crippen molar-refractivity contribution in [3.05, 3.63) is 0 Å². The van der Waals surface area contributed by atoms with Gasteiger partial charge in [0.15, 0.2) is 0 Å². The second kappa shape index (κ2) is 11.4. The zero-order valence-corrected chi connectivity index (χ0v) is 13.9. The minimum Gasteiger partial charge on any atom is -0.469 e. The van der Waals surface area contributed by atoms with Crippen molar-refractivity contribution in [2.75, 3.05) is 32.8 Å². The number of hydrogen-bond donors (Lipinski definition) is 0. The molecule has 7 heteroatoms. The summed E-state index contributed by atoms with van der Waals surface area (Å²) < 4.78 is 14.1. The molecule has 0 fully saturated rings. The zero-order valence-electron chi connectivity index (χ0n) is 13.0. The fourth-order valence-electron chi connectivity index (χ4n) is 1.90. The molecule has 0 aromatic carbocycles. The first-order valence-corrected chi connectivity index (χ1v) is 7.95. The highest BCUT2D eigenvalue weighted by molar-refractivity contribution is 7.99. The molecule has 0 saturated carbocycles. The van der Waals surface area contributed by atoms with E-state index in [4.69, 9.17) is 9.47 Å². The summed E-state index contributed by atoms with van der Waals surface area (Å²) in [5.74, 6) is -0.607. The van der Waals surface area contributed by atoms with E-state index >= 15 is 0 Å². The van der Waals surface area contributed by atoms with Gasteiger partial charge in [0.25, 0.3) is 0 Å². The van der Waals surface area contributed by atoms with E-state index in [1.54, 1.807) is 11.8 Å². The van der Waals surface area contributed by atoms with Crippen LogP contribution in [0.25, 0.3) is 0 Å². The van der Waals surface area contributed by atoms with Crippen LogP contribution in [0.1, 0.15) is 26.2 Å². The van der Waals surface area contributed by atoms with Crippen LogP contribution >= 0.6 is 11.8 Å². The van der Waals surface area contributed by atoms with Gasteiger partial charge in [-0.2, -0.15) is 11.8 Å². The lowest BCUT2D eigenvalue weighted by atomic mass is 9.92. The molecular weight excluding hydrogens is 296 g/mol. The van der Waals surface area contributed by atoms with E-state index in [9.17, 15) is 14.4 Å². The van der Waals surface area contributed by atoms with Gasteiger partial charge in [-0.05, 0) is 18.6 Å². The highest BCUT2D eigenvalue weighted by atomic mass is 32.2. The predicted molar refractivity (Wildman–Crippen MR) is 79.9 cm³/mol. The molecule has 2 atom stereocenters. The maximum Gasteiger partial charge on any atom is 0.309 e. The van der Waals surface area contributed by atoms with E-state index in [1.807, 2.05) is 6.92 Å². The van der Waals surface area contributed by atoms with Crippen molar-refractivity contribution < 1.29 is 28.6 Å². The summed E-state index contributed by atoms with van der Waals surface area (Å²) >= 11 is 1.61. The number of methoxy groups -OCH3 is 3. The van der Waals surface area contributed by atoms with Crippen LogP contribution in [-0.4, -0.2) is 50.7 Å². The Morgan fingerprint density at radius 1 is 0.952 bits per heavy atom. The first kappa shape index (κ1) is 19.8. The number of ether oxygens (including phenoxy) is 3. The van der Waals surface area contributed by atoms with Crippen molar-refractivity contribution in [2.24, 2.45) is 11.8 Å². The van der Waals surface area contributed by atoms with Crippen LogP contribution in [0, 0.1) is 11.8 Å². The summed E-state index contributed by atoms with van der Waals surface area (Å²) in [6, 6.07) is 0. The number of carbonyl (C=O) groups excluding carboxylic acids is 3. The monoisotopic (exact) mass is 320 g/mol. The summed E-state index contributed by atoms with van der Waals surface area (Å²) in [6.45, 7) is 1.99. The van der Waals surface area contributed by atoms with Gasteiger partial charge in [0.2, 0.25) is 0 Å². The number of rotatable bonds is 10. The van der Waals surface area contributed by atoms with Gasteiger partial charge < -0.3 is 14.2 Å². The van der Waals surface area contributed by atoms with Crippen LogP contribution in [0.4, 0.5) is 0 Å². The van der Waals surface area contributed by atoms with E-state index in [0.29, 0.717) is 18.6 Å². The Kier molecular flexibility index (Phi) is 10.7. The highest BCUT2D eigenvalue weighted by Crippen LogP contribution is 2.23. The predicted octanol–water partition coefficient (Wildman–Crippen LogP) is 1.66. The molecule has 0 aliphatic heterocycles. The molecule has 0 amide bonds. The first-order valence-electron chi connectivity index (χ1n) is 6.80. The van der Waals surface area contributed by atoms with Gasteiger partial charge in [-0.1, -0.05) is 6.92 Å². The Bertz CT molecular complexity index is 344. The molecule has 6 nitrogen and oxygen atoms in total. The Labute approximate surface area is 129 Å². The van der Waals surface area contributed by atoms with Gasteiger partial charge in [0.05, 0.1) is 33.2 Å². The zero-order chi connectivity index (χ0) is 16.3. The molecule has 122 valence electrons. The number of esters is 3. The van der Waals surface area contributed by atoms with Gasteiger partial charge in [-0.3, -0.25) is 14.4 Å². The molecule has 21 heavy (non-hydrogen) atoms. The first-order chi connectivity index (χ1) is 9.99. The molecule has 0 spiro atoms. The Morgan fingerprint density at radius 2 is 1.52 bits per heavy atom. The van der Waals surface area contributed by atoms with E-state index in [0.717, 1.165) is 5.75 Å². The second-order valence-electron chi connectivity index (χ2n) is 4.45. The number of thioether (sulfide) groups is 1. The Hall–Kier alpha value is -1.24. The Morgan fingerprint density at radius 3 is 2.00 bits per heavy atom. The van der Waals surface area contributed by atoms with E-state index < -0.39 is 11.9 Å². The summed E-state index contributed by atoms with van der Waals surface area (Å²) in [5, 5.41) is 0. The lowest BCUT2D eigenvalue weighted by Gasteiger charge is -2.19. The third-order valence-corrected chi connectivity index (χ3v) is 4.13. The smallest absolute Gasteiger partial charge is 0.309 e. The van der Waals surface area contributed by atoms with E-state index in [-0.39, 0.29) is 24.3 Å². The molecule has 0 aromatic rings. The van der Waals surface area contributed by atoms with Gasteiger partial charge in [-0.15, -0.1) is 0 Å².